The number of hydrogen-bond acceptors (Lipinski definition) is 6. The third kappa shape index (κ3) is 12.2. The van der Waals surface area contributed by atoms with E-state index < -0.39 is 5.97 Å². The van der Waals surface area contributed by atoms with E-state index in [0.29, 0.717) is 36.2 Å². The zero-order valence-corrected chi connectivity index (χ0v) is 20.7. The minimum atomic E-state index is -0.410. The highest BCUT2D eigenvalue weighted by molar-refractivity contribution is 5.87. The average molecular weight is 461 g/mol. The van der Waals surface area contributed by atoms with Gasteiger partial charge in [-0.3, -0.25) is 0 Å². The predicted octanol–water partition coefficient (Wildman–Crippen LogP) is 6.14. The molecule has 184 valence electrons. The Labute approximate surface area is 198 Å². The molecule has 0 aliphatic heterocycles. The molecular weight excluding hydrogens is 420 g/mol. The third-order valence-corrected chi connectivity index (χ3v) is 5.33. The molecule has 0 saturated heterocycles. The van der Waals surface area contributed by atoms with Gasteiger partial charge in [-0.25, -0.2) is 9.59 Å². The second kappa shape index (κ2) is 16.8. The van der Waals surface area contributed by atoms with E-state index in [2.05, 4.69) is 18.2 Å². The van der Waals surface area contributed by atoms with E-state index in [1.165, 1.54) is 32.4 Å². The van der Waals surface area contributed by atoms with Crippen LogP contribution in [0.25, 0.3) is 6.08 Å². The Hall–Kier alpha value is -2.76. The number of carbonyl (C=O) groups is 2. The molecule has 0 N–H and O–H groups in total. The summed E-state index contributed by atoms with van der Waals surface area (Å²) < 4.78 is 21.4. The summed E-state index contributed by atoms with van der Waals surface area (Å²) in [6.45, 7) is 8.55. The largest absolute Gasteiger partial charge is 0.493 e. The van der Waals surface area contributed by atoms with Crippen LogP contribution in [0.2, 0.25) is 0 Å². The van der Waals surface area contributed by atoms with Gasteiger partial charge in [0.15, 0.2) is 11.5 Å². The first-order valence-electron chi connectivity index (χ1n) is 11.8. The normalized spacial score (nSPS) is 11.8. The minimum Gasteiger partial charge on any atom is -0.493 e. The molecule has 0 aliphatic carbocycles. The van der Waals surface area contributed by atoms with Gasteiger partial charge in [-0.05, 0) is 62.3 Å². The van der Waals surface area contributed by atoms with Crippen molar-refractivity contribution >= 4 is 18.0 Å². The Morgan fingerprint density at radius 3 is 2.39 bits per heavy atom. The molecule has 33 heavy (non-hydrogen) atoms. The van der Waals surface area contributed by atoms with E-state index in [4.69, 9.17) is 14.2 Å². The van der Waals surface area contributed by atoms with Crippen LogP contribution in [0, 0.1) is 5.92 Å². The number of rotatable bonds is 17. The van der Waals surface area contributed by atoms with Gasteiger partial charge in [0.1, 0.15) is 0 Å². The Bertz CT molecular complexity index is 768. The van der Waals surface area contributed by atoms with Crippen molar-refractivity contribution in [3.05, 3.63) is 42.0 Å². The number of esters is 2. The number of hydrogen-bond donors (Lipinski definition) is 0. The van der Waals surface area contributed by atoms with E-state index in [1.807, 2.05) is 18.2 Å². The van der Waals surface area contributed by atoms with Crippen LogP contribution in [0.15, 0.2) is 36.4 Å². The summed E-state index contributed by atoms with van der Waals surface area (Å²) in [5.74, 6) is 0.920. The number of methoxy groups -OCH3 is 2. The summed E-state index contributed by atoms with van der Waals surface area (Å²) in [5.41, 5.74) is 1.26. The highest BCUT2D eigenvalue weighted by Crippen LogP contribution is 2.29. The Balaban J connectivity index is 2.49. The number of unbranched alkanes of at least 4 members (excludes halogenated alkanes) is 4. The van der Waals surface area contributed by atoms with Crippen molar-refractivity contribution in [2.24, 2.45) is 5.92 Å². The molecule has 1 aromatic carbocycles. The maximum atomic E-state index is 11.8. The fourth-order valence-corrected chi connectivity index (χ4v) is 3.34. The van der Waals surface area contributed by atoms with E-state index in [0.717, 1.165) is 37.7 Å². The quantitative estimate of drug-likeness (QED) is 0.158. The van der Waals surface area contributed by atoms with Gasteiger partial charge in [-0.1, -0.05) is 45.3 Å². The van der Waals surface area contributed by atoms with Crippen LogP contribution in [0.1, 0.15) is 70.8 Å². The molecule has 0 bridgehead atoms. The number of benzene rings is 1. The summed E-state index contributed by atoms with van der Waals surface area (Å²) in [7, 11) is 2.93. The molecular formula is C27H40O6. The van der Waals surface area contributed by atoms with Gasteiger partial charge in [-0.15, -0.1) is 0 Å². The topological polar surface area (TPSA) is 71.1 Å². The molecule has 0 amide bonds. The summed E-state index contributed by atoms with van der Waals surface area (Å²) >= 11 is 0. The van der Waals surface area contributed by atoms with E-state index in [9.17, 15) is 9.59 Å². The first-order valence-corrected chi connectivity index (χ1v) is 11.8. The zero-order valence-electron chi connectivity index (χ0n) is 20.7. The lowest BCUT2D eigenvalue weighted by Gasteiger charge is -2.17. The molecule has 0 aliphatic rings. The lowest BCUT2D eigenvalue weighted by Crippen LogP contribution is -2.15. The van der Waals surface area contributed by atoms with Crippen LogP contribution in [-0.2, 0) is 19.1 Å². The van der Waals surface area contributed by atoms with Crippen LogP contribution in [0.3, 0.4) is 0 Å². The van der Waals surface area contributed by atoms with E-state index >= 15 is 0 Å². The maximum absolute atomic E-state index is 11.8. The SMILES string of the molecule is C=C(C)C(=O)OCC(CCCCCC)CCCCOc1ccc(/C=C/C(=O)OC)cc1OC. The molecule has 0 radical (unpaired) electrons. The van der Waals surface area contributed by atoms with E-state index in [-0.39, 0.29) is 5.97 Å². The molecule has 1 atom stereocenters. The molecule has 0 spiro atoms. The van der Waals surface area contributed by atoms with E-state index in [1.54, 1.807) is 20.1 Å². The summed E-state index contributed by atoms with van der Waals surface area (Å²) in [6.07, 6.45) is 11.8. The predicted molar refractivity (Wildman–Crippen MR) is 131 cm³/mol. The molecule has 1 unspecified atom stereocenters. The summed E-state index contributed by atoms with van der Waals surface area (Å²) in [5, 5.41) is 0. The minimum absolute atomic E-state index is 0.311. The van der Waals surface area contributed by atoms with Crippen LogP contribution >= 0.6 is 0 Å². The average Bonchev–Trinajstić information content (AvgIpc) is 2.82. The summed E-state index contributed by atoms with van der Waals surface area (Å²) in [6, 6.07) is 5.51. The summed E-state index contributed by atoms with van der Waals surface area (Å²) in [4.78, 5) is 23.0. The van der Waals surface area contributed by atoms with Gasteiger partial charge in [-0.2, -0.15) is 0 Å². The van der Waals surface area contributed by atoms with Crippen LogP contribution < -0.4 is 9.47 Å². The number of carbonyl (C=O) groups excluding carboxylic acids is 2. The van der Waals surface area contributed by atoms with Crippen molar-refractivity contribution in [3.8, 4) is 11.5 Å². The Morgan fingerprint density at radius 2 is 1.76 bits per heavy atom. The first kappa shape index (κ1) is 28.3. The van der Waals surface area contributed by atoms with Crippen LogP contribution in [-0.4, -0.2) is 39.4 Å². The van der Waals surface area contributed by atoms with Gasteiger partial charge in [0.2, 0.25) is 0 Å². The van der Waals surface area contributed by atoms with Crippen LogP contribution in [0.5, 0.6) is 11.5 Å². The first-order chi connectivity index (χ1) is 15.9. The highest BCUT2D eigenvalue weighted by atomic mass is 16.5. The fourth-order valence-electron chi connectivity index (χ4n) is 3.34. The standard InChI is InChI=1S/C27H40O6/c1-6-7-8-9-12-23(20-33-27(29)21(2)3)13-10-11-18-32-24-16-14-22(19-25(24)30-4)15-17-26(28)31-5/h14-17,19,23H,2,6-13,18,20H2,1,3-5H3/b17-15+. The van der Waals surface area contributed by atoms with Crippen molar-refractivity contribution in [2.75, 3.05) is 27.4 Å². The number of ether oxygens (including phenoxy) is 4. The van der Waals surface area contributed by atoms with Gasteiger partial charge < -0.3 is 18.9 Å². The Morgan fingerprint density at radius 1 is 1.03 bits per heavy atom. The third-order valence-electron chi connectivity index (χ3n) is 5.33. The zero-order chi connectivity index (χ0) is 24.5. The van der Waals surface area contributed by atoms with Gasteiger partial charge in [0.05, 0.1) is 27.4 Å². The lowest BCUT2D eigenvalue weighted by atomic mass is 9.96. The van der Waals surface area contributed by atoms with Crippen molar-refractivity contribution in [2.45, 2.75) is 65.2 Å². The van der Waals surface area contributed by atoms with Gasteiger partial charge in [0, 0.05) is 11.6 Å². The van der Waals surface area contributed by atoms with Crippen LogP contribution in [0.4, 0.5) is 0 Å². The van der Waals surface area contributed by atoms with Crippen molar-refractivity contribution in [3.63, 3.8) is 0 Å². The molecule has 0 heterocycles. The molecule has 1 aromatic rings. The van der Waals surface area contributed by atoms with Crippen molar-refractivity contribution in [1.82, 2.24) is 0 Å². The fraction of sp³-hybridized carbons (Fsp3) is 0.556. The second-order valence-electron chi connectivity index (χ2n) is 8.21. The molecule has 0 saturated carbocycles. The monoisotopic (exact) mass is 460 g/mol. The molecule has 0 fully saturated rings. The van der Waals surface area contributed by atoms with Gasteiger partial charge in [0.25, 0.3) is 0 Å². The smallest absolute Gasteiger partial charge is 0.333 e. The molecule has 6 nitrogen and oxygen atoms in total. The lowest BCUT2D eigenvalue weighted by molar-refractivity contribution is -0.140. The van der Waals surface area contributed by atoms with Gasteiger partial charge >= 0.3 is 11.9 Å². The molecule has 6 heteroatoms. The second-order valence-corrected chi connectivity index (χ2v) is 8.21. The van der Waals surface area contributed by atoms with Crippen molar-refractivity contribution in [1.29, 1.82) is 0 Å². The Kier molecular flexibility index (Phi) is 14.4. The molecule has 1 rings (SSSR count). The highest BCUT2D eigenvalue weighted by Gasteiger charge is 2.13. The maximum Gasteiger partial charge on any atom is 0.333 e. The molecule has 0 aromatic heterocycles. The van der Waals surface area contributed by atoms with Crippen molar-refractivity contribution < 1.29 is 28.5 Å².